The molecule has 126 valence electrons. The number of carbonyl (C=O) groups is 2. The number of rotatable bonds is 7. The van der Waals surface area contributed by atoms with Crippen LogP contribution in [0.2, 0.25) is 0 Å². The van der Waals surface area contributed by atoms with Gasteiger partial charge in [0.15, 0.2) is 0 Å². The Morgan fingerprint density at radius 3 is 2.62 bits per heavy atom. The first-order valence-corrected chi connectivity index (χ1v) is 7.40. The van der Waals surface area contributed by atoms with Gasteiger partial charge in [-0.25, -0.2) is 4.79 Å². The minimum atomic E-state index is -0.779. The summed E-state index contributed by atoms with van der Waals surface area (Å²) in [5.74, 6) is -1.02. The first kappa shape index (κ1) is 17.2. The third-order valence-electron chi connectivity index (χ3n) is 3.10. The molecule has 8 heteroatoms. The van der Waals surface area contributed by atoms with E-state index in [2.05, 4.69) is 27.3 Å². The number of ether oxygens (including phenoxy) is 1. The molecular formula is C16H19N5O3. The lowest BCUT2D eigenvalue weighted by atomic mass is 10.2. The Morgan fingerprint density at radius 2 is 2.00 bits per heavy atom. The molecule has 1 aromatic carbocycles. The molecule has 2 aromatic rings. The molecule has 0 atom stereocenters. The van der Waals surface area contributed by atoms with Gasteiger partial charge in [-0.1, -0.05) is 36.9 Å². The van der Waals surface area contributed by atoms with E-state index in [1.165, 1.54) is 0 Å². The van der Waals surface area contributed by atoms with Crippen LogP contribution in [0, 0.1) is 0 Å². The SMILES string of the molecule is C=C(C(=O)OCC)C(=O)n1nc(NCc2ccccc2)nc1NC. The van der Waals surface area contributed by atoms with Crippen molar-refractivity contribution >= 4 is 23.8 Å². The van der Waals surface area contributed by atoms with Gasteiger partial charge in [0, 0.05) is 13.6 Å². The molecule has 0 bridgehead atoms. The molecule has 1 heterocycles. The lowest BCUT2D eigenvalue weighted by molar-refractivity contribution is -0.138. The summed E-state index contributed by atoms with van der Waals surface area (Å²) in [7, 11) is 1.60. The summed E-state index contributed by atoms with van der Waals surface area (Å²) in [6.07, 6.45) is 0. The van der Waals surface area contributed by atoms with Crippen molar-refractivity contribution in [2.45, 2.75) is 13.5 Å². The molecule has 0 radical (unpaired) electrons. The molecule has 8 nitrogen and oxygen atoms in total. The normalized spacial score (nSPS) is 10.1. The van der Waals surface area contributed by atoms with Crippen molar-refractivity contribution in [3.8, 4) is 0 Å². The molecule has 0 spiro atoms. The fourth-order valence-corrected chi connectivity index (χ4v) is 1.90. The number of benzene rings is 1. The third-order valence-corrected chi connectivity index (χ3v) is 3.10. The Bertz CT molecular complexity index is 739. The fourth-order valence-electron chi connectivity index (χ4n) is 1.90. The van der Waals surface area contributed by atoms with Crippen LogP contribution in [0.5, 0.6) is 0 Å². The smallest absolute Gasteiger partial charge is 0.343 e. The molecule has 0 saturated carbocycles. The predicted octanol–water partition coefficient (Wildman–Crippen LogP) is 1.69. The molecule has 1 aromatic heterocycles. The van der Waals surface area contributed by atoms with Gasteiger partial charge in [0.1, 0.15) is 5.57 Å². The van der Waals surface area contributed by atoms with Gasteiger partial charge >= 0.3 is 5.97 Å². The summed E-state index contributed by atoms with van der Waals surface area (Å²) in [4.78, 5) is 28.1. The molecule has 0 saturated heterocycles. The van der Waals surface area contributed by atoms with Crippen LogP contribution in [-0.4, -0.2) is 40.3 Å². The highest BCUT2D eigenvalue weighted by molar-refractivity contribution is 6.16. The van der Waals surface area contributed by atoms with Crippen molar-refractivity contribution in [2.24, 2.45) is 0 Å². The average Bonchev–Trinajstić information content (AvgIpc) is 3.03. The van der Waals surface area contributed by atoms with Crippen molar-refractivity contribution in [1.29, 1.82) is 0 Å². The van der Waals surface area contributed by atoms with Crippen LogP contribution in [0.15, 0.2) is 42.5 Å². The zero-order valence-corrected chi connectivity index (χ0v) is 13.6. The monoisotopic (exact) mass is 329 g/mol. The highest BCUT2D eigenvalue weighted by atomic mass is 16.5. The van der Waals surface area contributed by atoms with Gasteiger partial charge in [-0.2, -0.15) is 9.67 Å². The highest BCUT2D eigenvalue weighted by Crippen LogP contribution is 2.12. The molecule has 0 aliphatic rings. The van der Waals surface area contributed by atoms with Gasteiger partial charge in [-0.3, -0.25) is 4.79 Å². The van der Waals surface area contributed by atoms with Crippen LogP contribution in [0.4, 0.5) is 11.9 Å². The number of anilines is 2. The maximum atomic E-state index is 12.3. The quantitative estimate of drug-likeness (QED) is 0.345. The Labute approximate surface area is 139 Å². The van der Waals surface area contributed by atoms with E-state index in [0.29, 0.717) is 6.54 Å². The lowest BCUT2D eigenvalue weighted by Gasteiger charge is -2.05. The second kappa shape index (κ2) is 7.91. The first-order chi connectivity index (χ1) is 11.6. The minimum absolute atomic E-state index is 0.158. The summed E-state index contributed by atoms with van der Waals surface area (Å²) in [6, 6.07) is 9.69. The van der Waals surface area contributed by atoms with Crippen molar-refractivity contribution in [1.82, 2.24) is 14.8 Å². The molecule has 0 aliphatic carbocycles. The molecule has 2 N–H and O–H groups in total. The summed E-state index contributed by atoms with van der Waals surface area (Å²) < 4.78 is 5.75. The topological polar surface area (TPSA) is 98.1 Å². The van der Waals surface area contributed by atoms with Crippen LogP contribution in [0.25, 0.3) is 0 Å². The maximum Gasteiger partial charge on any atom is 0.343 e. The Hall–Kier alpha value is -3.16. The molecule has 24 heavy (non-hydrogen) atoms. The number of nitrogens with zero attached hydrogens (tertiary/aromatic N) is 3. The van der Waals surface area contributed by atoms with Crippen molar-refractivity contribution < 1.29 is 14.3 Å². The van der Waals surface area contributed by atoms with Crippen molar-refractivity contribution in [3.05, 3.63) is 48.0 Å². The number of nitrogens with one attached hydrogen (secondary N) is 2. The molecule has 0 unspecified atom stereocenters. The largest absolute Gasteiger partial charge is 0.462 e. The first-order valence-electron chi connectivity index (χ1n) is 7.40. The van der Waals surface area contributed by atoms with Crippen LogP contribution in [0.1, 0.15) is 17.3 Å². The third kappa shape index (κ3) is 3.97. The summed E-state index contributed by atoms with van der Waals surface area (Å²) in [6.45, 7) is 5.77. The number of aromatic nitrogens is 3. The standard InChI is InChI=1S/C16H19N5O3/c1-4-24-14(23)11(2)13(22)21-16(17-3)19-15(20-21)18-10-12-8-6-5-7-9-12/h5-9H,2,4,10H2,1,3H3,(H2,17,18,19,20). The van der Waals surface area contributed by atoms with E-state index in [-0.39, 0.29) is 24.1 Å². The molecule has 0 amide bonds. The Kier molecular flexibility index (Phi) is 5.67. The van der Waals surface area contributed by atoms with E-state index in [1.807, 2.05) is 30.3 Å². The van der Waals surface area contributed by atoms with Crippen molar-refractivity contribution in [2.75, 3.05) is 24.3 Å². The van der Waals surface area contributed by atoms with Crippen LogP contribution in [-0.2, 0) is 16.1 Å². The summed E-state index contributed by atoms with van der Waals surface area (Å²) in [5.41, 5.74) is 0.731. The zero-order valence-electron chi connectivity index (χ0n) is 13.6. The van der Waals surface area contributed by atoms with E-state index in [4.69, 9.17) is 4.74 Å². The van der Waals surface area contributed by atoms with Gasteiger partial charge in [0.05, 0.1) is 6.61 Å². The molecular weight excluding hydrogens is 310 g/mol. The lowest BCUT2D eigenvalue weighted by Crippen LogP contribution is -2.23. The fraction of sp³-hybridized carbons (Fsp3) is 0.250. The number of hydrogen-bond acceptors (Lipinski definition) is 7. The highest BCUT2D eigenvalue weighted by Gasteiger charge is 2.23. The van der Waals surface area contributed by atoms with E-state index >= 15 is 0 Å². The average molecular weight is 329 g/mol. The predicted molar refractivity (Wildman–Crippen MR) is 89.7 cm³/mol. The summed E-state index contributed by atoms with van der Waals surface area (Å²) >= 11 is 0. The molecule has 0 fully saturated rings. The Morgan fingerprint density at radius 1 is 1.29 bits per heavy atom. The van der Waals surface area contributed by atoms with Crippen LogP contribution < -0.4 is 10.6 Å². The van der Waals surface area contributed by atoms with Gasteiger partial charge in [-0.15, -0.1) is 5.10 Å². The van der Waals surface area contributed by atoms with Gasteiger partial charge in [-0.05, 0) is 12.5 Å². The molecule has 0 aliphatic heterocycles. The molecule has 2 rings (SSSR count). The summed E-state index contributed by atoms with van der Waals surface area (Å²) in [5, 5.41) is 9.85. The van der Waals surface area contributed by atoms with Crippen LogP contribution >= 0.6 is 0 Å². The number of esters is 1. The van der Waals surface area contributed by atoms with E-state index in [1.54, 1.807) is 14.0 Å². The number of carbonyl (C=O) groups excluding carboxylic acids is 2. The van der Waals surface area contributed by atoms with Crippen molar-refractivity contribution in [3.63, 3.8) is 0 Å². The second-order valence-corrected chi connectivity index (χ2v) is 4.76. The number of hydrogen-bond donors (Lipinski definition) is 2. The van der Waals surface area contributed by atoms with Gasteiger partial charge in [0.25, 0.3) is 5.91 Å². The van der Waals surface area contributed by atoms with E-state index in [0.717, 1.165) is 10.2 Å². The van der Waals surface area contributed by atoms with Crippen LogP contribution in [0.3, 0.4) is 0 Å². The second-order valence-electron chi connectivity index (χ2n) is 4.76. The van der Waals surface area contributed by atoms with Gasteiger partial charge in [0.2, 0.25) is 11.9 Å². The maximum absolute atomic E-state index is 12.3. The van der Waals surface area contributed by atoms with E-state index in [9.17, 15) is 9.59 Å². The Balaban J connectivity index is 2.13. The minimum Gasteiger partial charge on any atom is -0.462 e. The zero-order chi connectivity index (χ0) is 17.5. The van der Waals surface area contributed by atoms with E-state index < -0.39 is 11.9 Å². The van der Waals surface area contributed by atoms with Gasteiger partial charge < -0.3 is 15.4 Å².